The molecule has 0 fully saturated rings. The van der Waals surface area contributed by atoms with E-state index in [2.05, 4.69) is 0 Å². The van der Waals surface area contributed by atoms with Crippen LogP contribution in [0, 0.1) is 0 Å². The Morgan fingerprint density at radius 3 is 2.93 bits per heavy atom. The highest BCUT2D eigenvalue weighted by molar-refractivity contribution is 5.76. The zero-order valence-corrected chi connectivity index (χ0v) is 7.97. The van der Waals surface area contributed by atoms with Gasteiger partial charge in [-0.15, -0.1) is 0 Å². The Morgan fingerprint density at radius 2 is 2.13 bits per heavy atom. The summed E-state index contributed by atoms with van der Waals surface area (Å²) in [5.41, 5.74) is 0.836. The van der Waals surface area contributed by atoms with Crippen LogP contribution in [0.15, 0.2) is 39.7 Å². The summed E-state index contributed by atoms with van der Waals surface area (Å²) >= 11 is 0. The van der Waals surface area contributed by atoms with Crippen LogP contribution < -0.4 is 5.43 Å². The molecule has 4 nitrogen and oxygen atoms in total. The second-order valence-electron chi connectivity index (χ2n) is 3.06. The average molecular weight is 206 g/mol. The van der Waals surface area contributed by atoms with Gasteiger partial charge in [0.1, 0.15) is 18.6 Å². The highest BCUT2D eigenvalue weighted by atomic mass is 16.6. The van der Waals surface area contributed by atoms with E-state index in [0.29, 0.717) is 16.5 Å². The molecular weight excluding hydrogens is 196 g/mol. The Kier molecular flexibility index (Phi) is 2.80. The van der Waals surface area contributed by atoms with Crippen molar-refractivity contribution in [2.75, 3.05) is 6.79 Å². The van der Waals surface area contributed by atoms with Gasteiger partial charge in [-0.3, -0.25) is 4.79 Å². The van der Waals surface area contributed by atoms with Crippen molar-refractivity contribution in [2.45, 2.75) is 6.61 Å². The molecule has 0 radical (unpaired) electrons. The molecule has 0 saturated carbocycles. The Balaban J connectivity index is 2.51. The summed E-state index contributed by atoms with van der Waals surface area (Å²) in [6, 6.07) is 7.00. The van der Waals surface area contributed by atoms with Gasteiger partial charge in [-0.05, 0) is 12.1 Å². The van der Waals surface area contributed by atoms with E-state index >= 15 is 0 Å². The van der Waals surface area contributed by atoms with Crippen LogP contribution in [0.2, 0.25) is 0 Å². The number of rotatable bonds is 3. The molecule has 2 aromatic rings. The third-order valence-electron chi connectivity index (χ3n) is 2.10. The standard InChI is InChI=1S/C11H10O4/c12-7-14-5-8-6-15-10-4-2-1-3-9(10)11(8)13/h1-4,6,12H,5,7H2. The van der Waals surface area contributed by atoms with Crippen molar-refractivity contribution < 1.29 is 14.3 Å². The van der Waals surface area contributed by atoms with E-state index in [1.54, 1.807) is 24.3 Å². The number of fused-ring (bicyclic) bond motifs is 1. The fraction of sp³-hybridized carbons (Fsp3) is 0.182. The van der Waals surface area contributed by atoms with Gasteiger partial charge in [0.25, 0.3) is 0 Å². The van der Waals surface area contributed by atoms with Gasteiger partial charge in [0, 0.05) is 0 Å². The van der Waals surface area contributed by atoms with E-state index in [-0.39, 0.29) is 12.0 Å². The van der Waals surface area contributed by atoms with Crippen molar-refractivity contribution in [1.82, 2.24) is 0 Å². The number of para-hydroxylation sites is 1. The normalized spacial score (nSPS) is 10.7. The molecule has 1 aromatic carbocycles. The number of aliphatic hydroxyl groups is 1. The minimum absolute atomic E-state index is 0.0592. The first-order chi connectivity index (χ1) is 7.33. The van der Waals surface area contributed by atoms with E-state index in [4.69, 9.17) is 14.3 Å². The van der Waals surface area contributed by atoms with Gasteiger partial charge >= 0.3 is 0 Å². The summed E-state index contributed by atoms with van der Waals surface area (Å²) < 4.78 is 10.0. The van der Waals surface area contributed by atoms with Gasteiger partial charge in [-0.2, -0.15) is 0 Å². The number of hydrogen-bond acceptors (Lipinski definition) is 4. The molecule has 0 saturated heterocycles. The summed E-state index contributed by atoms with van der Waals surface area (Å²) in [4.78, 5) is 11.8. The molecule has 0 aliphatic rings. The van der Waals surface area contributed by atoms with Crippen molar-refractivity contribution in [3.05, 3.63) is 46.3 Å². The maximum atomic E-state index is 11.8. The molecule has 4 heteroatoms. The van der Waals surface area contributed by atoms with Gasteiger partial charge in [-0.1, -0.05) is 12.1 Å². The van der Waals surface area contributed by atoms with Gasteiger partial charge in [0.15, 0.2) is 5.43 Å². The lowest BCUT2D eigenvalue weighted by atomic mass is 10.2. The van der Waals surface area contributed by atoms with Crippen molar-refractivity contribution in [2.24, 2.45) is 0 Å². The smallest absolute Gasteiger partial charge is 0.198 e. The monoisotopic (exact) mass is 206 g/mol. The number of ether oxygens (including phenoxy) is 1. The number of hydrogen-bond donors (Lipinski definition) is 1. The molecule has 0 unspecified atom stereocenters. The van der Waals surface area contributed by atoms with Crippen LogP contribution >= 0.6 is 0 Å². The van der Waals surface area contributed by atoms with Gasteiger partial charge in [0.05, 0.1) is 17.6 Å². The summed E-state index contributed by atoms with van der Waals surface area (Å²) in [6.45, 7) is -0.351. The van der Waals surface area contributed by atoms with Crippen LogP contribution in [0.3, 0.4) is 0 Å². The fourth-order valence-corrected chi connectivity index (χ4v) is 1.37. The molecule has 1 N–H and O–H groups in total. The van der Waals surface area contributed by atoms with Crippen LogP contribution in [0.5, 0.6) is 0 Å². The zero-order valence-electron chi connectivity index (χ0n) is 7.97. The topological polar surface area (TPSA) is 59.7 Å². The SMILES string of the molecule is O=c1c(COCO)coc2ccccc12. The Bertz CT molecular complexity index is 515. The molecule has 0 bridgehead atoms. The molecule has 2 rings (SSSR count). The van der Waals surface area contributed by atoms with E-state index in [1.165, 1.54) is 6.26 Å². The number of benzene rings is 1. The Labute approximate surface area is 85.7 Å². The van der Waals surface area contributed by atoms with Crippen LogP contribution in [-0.4, -0.2) is 11.9 Å². The molecule has 15 heavy (non-hydrogen) atoms. The average Bonchev–Trinajstić information content (AvgIpc) is 2.29. The molecule has 0 spiro atoms. The Morgan fingerprint density at radius 1 is 1.33 bits per heavy atom. The fourth-order valence-electron chi connectivity index (χ4n) is 1.37. The van der Waals surface area contributed by atoms with E-state index in [1.807, 2.05) is 0 Å². The second-order valence-corrected chi connectivity index (χ2v) is 3.06. The first kappa shape index (κ1) is 9.89. The van der Waals surface area contributed by atoms with Crippen molar-refractivity contribution in [1.29, 1.82) is 0 Å². The molecule has 1 heterocycles. The zero-order chi connectivity index (χ0) is 10.7. The first-order valence-electron chi connectivity index (χ1n) is 4.51. The molecule has 0 atom stereocenters. The summed E-state index contributed by atoms with van der Waals surface area (Å²) in [5.74, 6) is 0. The van der Waals surface area contributed by atoms with Crippen LogP contribution in [0.4, 0.5) is 0 Å². The predicted molar refractivity (Wildman–Crippen MR) is 54.4 cm³/mol. The molecule has 0 amide bonds. The highest BCUT2D eigenvalue weighted by Crippen LogP contribution is 2.10. The van der Waals surface area contributed by atoms with E-state index < -0.39 is 6.79 Å². The third-order valence-corrected chi connectivity index (χ3v) is 2.10. The van der Waals surface area contributed by atoms with Gasteiger partial charge in [-0.25, -0.2) is 0 Å². The van der Waals surface area contributed by atoms with Crippen LogP contribution in [0.1, 0.15) is 5.56 Å². The summed E-state index contributed by atoms with van der Waals surface area (Å²) in [5, 5.41) is 9.00. The van der Waals surface area contributed by atoms with E-state index in [0.717, 1.165) is 0 Å². The van der Waals surface area contributed by atoms with Gasteiger partial charge in [0.2, 0.25) is 0 Å². The van der Waals surface area contributed by atoms with Crippen molar-refractivity contribution in [3.63, 3.8) is 0 Å². The predicted octanol–water partition coefficient (Wildman–Crippen LogP) is 1.26. The first-order valence-corrected chi connectivity index (χ1v) is 4.51. The molecule has 1 aromatic heterocycles. The minimum atomic E-state index is -0.410. The van der Waals surface area contributed by atoms with Gasteiger partial charge < -0.3 is 14.3 Å². The molecular formula is C11H10O4. The molecule has 0 aliphatic heterocycles. The molecule has 0 aliphatic carbocycles. The minimum Gasteiger partial charge on any atom is -0.464 e. The largest absolute Gasteiger partial charge is 0.464 e. The van der Waals surface area contributed by atoms with Crippen LogP contribution in [0.25, 0.3) is 11.0 Å². The maximum absolute atomic E-state index is 11.8. The van der Waals surface area contributed by atoms with E-state index in [9.17, 15) is 4.79 Å². The summed E-state index contributed by atoms with van der Waals surface area (Å²) in [6.07, 6.45) is 1.36. The van der Waals surface area contributed by atoms with Crippen molar-refractivity contribution >= 4 is 11.0 Å². The maximum Gasteiger partial charge on any atom is 0.198 e. The second kappa shape index (κ2) is 4.25. The third kappa shape index (κ3) is 1.91. The Hall–Kier alpha value is -1.65. The lowest BCUT2D eigenvalue weighted by Crippen LogP contribution is -2.10. The van der Waals surface area contributed by atoms with Crippen molar-refractivity contribution in [3.8, 4) is 0 Å². The lowest BCUT2D eigenvalue weighted by Gasteiger charge is -2.01. The summed E-state index contributed by atoms with van der Waals surface area (Å²) in [7, 11) is 0. The lowest BCUT2D eigenvalue weighted by molar-refractivity contribution is -0.0119. The van der Waals surface area contributed by atoms with Crippen LogP contribution in [-0.2, 0) is 11.3 Å². The molecule has 78 valence electrons. The highest BCUT2D eigenvalue weighted by Gasteiger charge is 2.05. The quantitative estimate of drug-likeness (QED) is 0.768. The number of aliphatic hydroxyl groups excluding tert-OH is 1.